The van der Waals surface area contributed by atoms with Crippen LogP contribution < -0.4 is 5.32 Å². The molecule has 0 bridgehead atoms. The Morgan fingerprint density at radius 3 is 2.81 bits per heavy atom. The molecule has 0 aliphatic carbocycles. The van der Waals surface area contributed by atoms with Crippen LogP contribution >= 0.6 is 15.9 Å². The summed E-state index contributed by atoms with van der Waals surface area (Å²) in [6.07, 6.45) is 1.68. The van der Waals surface area contributed by atoms with Crippen LogP contribution in [0.4, 0.5) is 0 Å². The SMILES string of the molecule is Cc1cc(Br)c(O)c(CNCCS(C)=O)c1. The molecule has 0 aliphatic heterocycles. The summed E-state index contributed by atoms with van der Waals surface area (Å²) < 4.78 is 11.6. The fourth-order valence-electron chi connectivity index (χ4n) is 1.38. The largest absolute Gasteiger partial charge is 0.506 e. The molecule has 0 aromatic heterocycles. The highest BCUT2D eigenvalue weighted by atomic mass is 79.9. The van der Waals surface area contributed by atoms with Gasteiger partial charge >= 0.3 is 0 Å². The Hall–Kier alpha value is -0.390. The molecule has 1 aromatic carbocycles. The van der Waals surface area contributed by atoms with Crippen LogP contribution in [-0.2, 0) is 17.3 Å². The van der Waals surface area contributed by atoms with Crippen molar-refractivity contribution in [3.63, 3.8) is 0 Å². The zero-order valence-electron chi connectivity index (χ0n) is 9.42. The van der Waals surface area contributed by atoms with Crippen molar-refractivity contribution in [1.82, 2.24) is 5.32 Å². The van der Waals surface area contributed by atoms with Crippen molar-refractivity contribution in [1.29, 1.82) is 0 Å². The van der Waals surface area contributed by atoms with Crippen molar-refractivity contribution in [2.24, 2.45) is 0 Å². The molecule has 0 fully saturated rings. The number of benzene rings is 1. The van der Waals surface area contributed by atoms with Gasteiger partial charge in [-0.1, -0.05) is 6.07 Å². The van der Waals surface area contributed by atoms with E-state index in [4.69, 9.17) is 0 Å². The number of phenols is 1. The van der Waals surface area contributed by atoms with E-state index < -0.39 is 10.8 Å². The van der Waals surface area contributed by atoms with E-state index in [9.17, 15) is 9.32 Å². The van der Waals surface area contributed by atoms with Crippen molar-refractivity contribution in [3.05, 3.63) is 27.7 Å². The first-order valence-corrected chi connectivity index (χ1v) is 7.51. The lowest BCUT2D eigenvalue weighted by Crippen LogP contribution is -2.19. The van der Waals surface area contributed by atoms with Crippen molar-refractivity contribution in [2.45, 2.75) is 13.5 Å². The molecule has 0 heterocycles. The van der Waals surface area contributed by atoms with Crippen molar-refractivity contribution in [2.75, 3.05) is 18.6 Å². The third-order valence-electron chi connectivity index (χ3n) is 2.17. The second-order valence-electron chi connectivity index (χ2n) is 3.71. The molecular formula is C11H16BrNO2S. The Bertz CT molecular complexity index is 396. The molecule has 1 aromatic rings. The van der Waals surface area contributed by atoms with Crippen molar-refractivity contribution < 1.29 is 9.32 Å². The van der Waals surface area contributed by atoms with Gasteiger partial charge in [0.05, 0.1) is 4.47 Å². The van der Waals surface area contributed by atoms with Crippen LogP contribution in [-0.4, -0.2) is 27.9 Å². The van der Waals surface area contributed by atoms with E-state index in [1.165, 1.54) is 0 Å². The Kier molecular flexibility index (Phi) is 5.44. The zero-order chi connectivity index (χ0) is 12.1. The van der Waals surface area contributed by atoms with E-state index in [-0.39, 0.29) is 5.75 Å². The lowest BCUT2D eigenvalue weighted by molar-refractivity contribution is 0.461. The van der Waals surface area contributed by atoms with E-state index in [0.717, 1.165) is 11.1 Å². The molecule has 5 heteroatoms. The molecule has 90 valence electrons. The highest BCUT2D eigenvalue weighted by molar-refractivity contribution is 9.10. The van der Waals surface area contributed by atoms with Crippen molar-refractivity contribution >= 4 is 26.7 Å². The number of phenolic OH excluding ortho intramolecular Hbond substituents is 1. The van der Waals surface area contributed by atoms with Crippen LogP contribution in [0.3, 0.4) is 0 Å². The second-order valence-corrected chi connectivity index (χ2v) is 6.12. The summed E-state index contributed by atoms with van der Waals surface area (Å²) in [6, 6.07) is 3.82. The molecule has 0 saturated carbocycles. The number of aryl methyl sites for hydroxylation is 1. The van der Waals surface area contributed by atoms with Gasteiger partial charge in [-0.25, -0.2) is 0 Å². The van der Waals surface area contributed by atoms with Crippen molar-refractivity contribution in [3.8, 4) is 5.75 Å². The summed E-state index contributed by atoms with van der Waals surface area (Å²) in [4.78, 5) is 0. The summed E-state index contributed by atoms with van der Waals surface area (Å²) in [5.41, 5.74) is 1.95. The van der Waals surface area contributed by atoms with Crippen LogP contribution in [0.1, 0.15) is 11.1 Å². The standard InChI is InChI=1S/C11H16BrNO2S/c1-8-5-9(11(14)10(12)6-8)7-13-3-4-16(2)15/h5-6,13-14H,3-4,7H2,1-2H3. The zero-order valence-corrected chi connectivity index (χ0v) is 11.8. The number of hydrogen-bond acceptors (Lipinski definition) is 3. The van der Waals surface area contributed by atoms with Gasteiger partial charge in [-0.05, 0) is 34.5 Å². The number of hydrogen-bond donors (Lipinski definition) is 2. The summed E-state index contributed by atoms with van der Waals surface area (Å²) in [5.74, 6) is 0.907. The van der Waals surface area contributed by atoms with Crippen LogP contribution in [0.25, 0.3) is 0 Å². The fraction of sp³-hybridized carbons (Fsp3) is 0.455. The lowest BCUT2D eigenvalue weighted by Gasteiger charge is -2.09. The van der Waals surface area contributed by atoms with E-state index >= 15 is 0 Å². The van der Waals surface area contributed by atoms with E-state index in [0.29, 0.717) is 23.3 Å². The van der Waals surface area contributed by atoms with Gasteiger partial charge in [-0.15, -0.1) is 0 Å². The van der Waals surface area contributed by atoms with Crippen LogP contribution in [0, 0.1) is 6.92 Å². The van der Waals surface area contributed by atoms with Gasteiger partial charge in [-0.3, -0.25) is 4.21 Å². The van der Waals surface area contributed by atoms with Crippen LogP contribution in [0.5, 0.6) is 5.75 Å². The topological polar surface area (TPSA) is 49.3 Å². The van der Waals surface area contributed by atoms with Crippen LogP contribution in [0.2, 0.25) is 0 Å². The highest BCUT2D eigenvalue weighted by Crippen LogP contribution is 2.29. The molecule has 0 amide bonds. The average Bonchev–Trinajstić information content (AvgIpc) is 2.19. The minimum absolute atomic E-state index is 0.274. The van der Waals surface area contributed by atoms with E-state index in [2.05, 4.69) is 21.2 Å². The summed E-state index contributed by atoms with van der Waals surface area (Å²) in [6.45, 7) is 3.26. The predicted molar refractivity (Wildman–Crippen MR) is 71.2 cm³/mol. The minimum atomic E-state index is -0.772. The quantitative estimate of drug-likeness (QED) is 0.817. The molecular weight excluding hydrogens is 290 g/mol. The predicted octanol–water partition coefficient (Wildman–Crippen LogP) is 1.93. The van der Waals surface area contributed by atoms with Gasteiger partial charge in [0.15, 0.2) is 0 Å². The number of aromatic hydroxyl groups is 1. The Labute approximate surface area is 107 Å². The first kappa shape index (κ1) is 13.7. The third kappa shape index (κ3) is 4.23. The second kappa shape index (κ2) is 6.37. The number of nitrogens with one attached hydrogen (secondary N) is 1. The summed E-state index contributed by atoms with van der Waals surface area (Å²) >= 11 is 3.30. The minimum Gasteiger partial charge on any atom is -0.506 e. The number of halogens is 1. The smallest absolute Gasteiger partial charge is 0.134 e. The maximum atomic E-state index is 10.8. The third-order valence-corrected chi connectivity index (χ3v) is 3.55. The average molecular weight is 306 g/mol. The molecule has 0 radical (unpaired) electrons. The molecule has 0 aliphatic rings. The Morgan fingerprint density at radius 2 is 2.19 bits per heavy atom. The molecule has 2 N–H and O–H groups in total. The van der Waals surface area contributed by atoms with Gasteiger partial charge < -0.3 is 10.4 Å². The van der Waals surface area contributed by atoms with Gasteiger partial charge in [0, 0.05) is 41.5 Å². The van der Waals surface area contributed by atoms with E-state index in [1.54, 1.807) is 6.26 Å². The van der Waals surface area contributed by atoms with Crippen LogP contribution in [0.15, 0.2) is 16.6 Å². The molecule has 1 unspecified atom stereocenters. The van der Waals surface area contributed by atoms with Gasteiger partial charge in [-0.2, -0.15) is 0 Å². The maximum absolute atomic E-state index is 10.8. The molecule has 1 rings (SSSR count). The lowest BCUT2D eigenvalue weighted by atomic mass is 10.1. The highest BCUT2D eigenvalue weighted by Gasteiger charge is 2.06. The summed E-state index contributed by atoms with van der Waals surface area (Å²) in [5, 5.41) is 12.9. The normalized spacial score (nSPS) is 12.7. The summed E-state index contributed by atoms with van der Waals surface area (Å²) in [7, 11) is -0.772. The van der Waals surface area contributed by atoms with Gasteiger partial charge in [0.1, 0.15) is 5.75 Å². The molecule has 0 spiro atoms. The van der Waals surface area contributed by atoms with E-state index in [1.807, 2.05) is 19.1 Å². The van der Waals surface area contributed by atoms with Gasteiger partial charge in [0.2, 0.25) is 0 Å². The Morgan fingerprint density at radius 1 is 1.50 bits per heavy atom. The first-order valence-electron chi connectivity index (χ1n) is 4.99. The molecule has 16 heavy (non-hydrogen) atoms. The molecule has 3 nitrogen and oxygen atoms in total. The molecule has 0 saturated heterocycles. The maximum Gasteiger partial charge on any atom is 0.134 e. The Balaban J connectivity index is 2.57. The molecule has 1 atom stereocenters. The number of rotatable bonds is 5. The first-order chi connectivity index (χ1) is 7.50. The monoisotopic (exact) mass is 305 g/mol. The fourth-order valence-corrected chi connectivity index (χ4v) is 2.43. The van der Waals surface area contributed by atoms with Gasteiger partial charge in [0.25, 0.3) is 0 Å².